The van der Waals surface area contributed by atoms with Gasteiger partial charge in [-0.2, -0.15) is 13.2 Å². The first-order valence-electron chi connectivity index (χ1n) is 5.71. The molecule has 0 radical (unpaired) electrons. The fraction of sp³-hybridized carbons (Fsp3) is 0.417. The molecule has 1 atom stereocenters. The van der Waals surface area contributed by atoms with Crippen molar-refractivity contribution in [3.63, 3.8) is 0 Å². The number of amides is 1. The quantitative estimate of drug-likeness (QED) is 0.819. The van der Waals surface area contributed by atoms with Crippen LogP contribution in [0.5, 0.6) is 0 Å². The van der Waals surface area contributed by atoms with Gasteiger partial charge in [-0.1, -0.05) is 6.07 Å². The van der Waals surface area contributed by atoms with Crippen LogP contribution in [0.15, 0.2) is 18.2 Å². The van der Waals surface area contributed by atoms with Crippen molar-refractivity contribution in [2.45, 2.75) is 19.1 Å². The molecule has 1 aromatic rings. The summed E-state index contributed by atoms with van der Waals surface area (Å²) < 4.78 is 61.6. The zero-order chi connectivity index (χ0) is 15.3. The van der Waals surface area contributed by atoms with Crippen molar-refractivity contribution in [3.8, 4) is 0 Å². The minimum Gasteiger partial charge on any atom is -0.348 e. The van der Waals surface area contributed by atoms with Crippen LogP contribution in [-0.4, -0.2) is 25.2 Å². The molecule has 0 saturated carbocycles. The highest BCUT2D eigenvalue weighted by atomic mass is 19.4. The smallest absolute Gasteiger partial charge is 0.348 e. The number of hydrogen-bond acceptors (Lipinski definition) is 2. The lowest BCUT2D eigenvalue weighted by molar-refractivity contribution is -0.128. The van der Waals surface area contributed by atoms with Crippen LogP contribution in [0, 0.1) is 11.6 Å². The fourth-order valence-corrected chi connectivity index (χ4v) is 1.54. The Hall–Kier alpha value is -1.70. The van der Waals surface area contributed by atoms with Gasteiger partial charge in [0.15, 0.2) is 0 Å². The summed E-state index contributed by atoms with van der Waals surface area (Å²) in [6, 6.07) is 2.08. The molecule has 0 spiro atoms. The highest BCUT2D eigenvalue weighted by molar-refractivity contribution is 5.78. The van der Waals surface area contributed by atoms with E-state index in [1.54, 1.807) is 0 Å². The van der Waals surface area contributed by atoms with Gasteiger partial charge in [-0.3, -0.25) is 4.79 Å². The van der Waals surface area contributed by atoms with E-state index in [9.17, 15) is 26.7 Å². The topological polar surface area (TPSA) is 41.1 Å². The van der Waals surface area contributed by atoms with Crippen LogP contribution < -0.4 is 10.6 Å². The molecule has 0 heterocycles. The summed E-state index contributed by atoms with van der Waals surface area (Å²) in [7, 11) is 0. The maximum atomic E-state index is 13.4. The number of nitrogens with one attached hydrogen (secondary N) is 2. The Bertz CT molecular complexity index is 475. The maximum absolute atomic E-state index is 13.4. The zero-order valence-corrected chi connectivity index (χ0v) is 10.5. The molecule has 0 aliphatic carbocycles. The largest absolute Gasteiger partial charge is 0.401 e. The Morgan fingerprint density at radius 2 is 1.95 bits per heavy atom. The van der Waals surface area contributed by atoms with Gasteiger partial charge in [-0.05, 0) is 13.0 Å². The highest BCUT2D eigenvalue weighted by Crippen LogP contribution is 2.17. The van der Waals surface area contributed by atoms with Gasteiger partial charge in [0.1, 0.15) is 11.6 Å². The number of carbonyl (C=O) groups is 1. The molecule has 1 aromatic carbocycles. The molecule has 2 N–H and O–H groups in total. The third-order valence-corrected chi connectivity index (χ3v) is 2.42. The first-order valence-corrected chi connectivity index (χ1v) is 5.71. The minimum atomic E-state index is -4.41. The Balaban J connectivity index is 2.49. The van der Waals surface area contributed by atoms with Crippen LogP contribution in [0.4, 0.5) is 22.0 Å². The van der Waals surface area contributed by atoms with E-state index in [4.69, 9.17) is 0 Å². The number of alkyl halides is 3. The molecular formula is C12H13F5N2O. The molecule has 0 aromatic heterocycles. The summed E-state index contributed by atoms with van der Waals surface area (Å²) in [5.74, 6) is -2.30. The molecule has 0 aliphatic rings. The maximum Gasteiger partial charge on any atom is 0.401 e. The SMILES string of the molecule is CC(NC(=O)CNCC(F)(F)F)c1ccc(F)cc1F. The number of halogens is 5. The lowest BCUT2D eigenvalue weighted by atomic mass is 10.1. The molecule has 1 unspecified atom stereocenters. The van der Waals surface area contributed by atoms with Crippen molar-refractivity contribution >= 4 is 5.91 Å². The van der Waals surface area contributed by atoms with E-state index in [0.29, 0.717) is 6.07 Å². The van der Waals surface area contributed by atoms with Gasteiger partial charge in [0.05, 0.1) is 19.1 Å². The molecule has 3 nitrogen and oxygen atoms in total. The van der Waals surface area contributed by atoms with E-state index in [2.05, 4.69) is 5.32 Å². The third kappa shape index (κ3) is 5.52. The van der Waals surface area contributed by atoms with E-state index in [-0.39, 0.29) is 5.56 Å². The lowest BCUT2D eigenvalue weighted by Crippen LogP contribution is -2.39. The van der Waals surface area contributed by atoms with Gasteiger partial charge < -0.3 is 10.6 Å². The number of benzene rings is 1. The highest BCUT2D eigenvalue weighted by Gasteiger charge is 2.26. The summed E-state index contributed by atoms with van der Waals surface area (Å²) in [5.41, 5.74) is 0.0515. The van der Waals surface area contributed by atoms with Gasteiger partial charge >= 0.3 is 6.18 Å². The predicted molar refractivity (Wildman–Crippen MR) is 61.8 cm³/mol. The van der Waals surface area contributed by atoms with Crippen LogP contribution in [0.2, 0.25) is 0 Å². The minimum absolute atomic E-state index is 0.0515. The molecule has 8 heteroatoms. The standard InChI is InChI=1S/C12H13F5N2O/c1-7(9-3-2-8(13)4-10(9)14)19-11(20)5-18-6-12(15,16)17/h2-4,7,18H,5-6H2,1H3,(H,19,20). The summed E-state index contributed by atoms with van der Waals surface area (Å²) in [6.45, 7) is -0.398. The summed E-state index contributed by atoms with van der Waals surface area (Å²) in [6.07, 6.45) is -4.41. The van der Waals surface area contributed by atoms with Crippen LogP contribution in [0.25, 0.3) is 0 Å². The van der Waals surface area contributed by atoms with E-state index in [1.807, 2.05) is 5.32 Å². The lowest BCUT2D eigenvalue weighted by Gasteiger charge is -2.15. The average Bonchev–Trinajstić information content (AvgIpc) is 2.26. The van der Waals surface area contributed by atoms with Gasteiger partial charge in [0.25, 0.3) is 0 Å². The van der Waals surface area contributed by atoms with Crippen LogP contribution in [0.1, 0.15) is 18.5 Å². The van der Waals surface area contributed by atoms with Crippen molar-refractivity contribution in [3.05, 3.63) is 35.4 Å². The Kier molecular flexibility index (Phi) is 5.43. The first kappa shape index (κ1) is 16.4. The molecule has 0 bridgehead atoms. The van der Waals surface area contributed by atoms with E-state index >= 15 is 0 Å². The van der Waals surface area contributed by atoms with Crippen LogP contribution in [-0.2, 0) is 4.79 Å². The monoisotopic (exact) mass is 296 g/mol. The fourth-order valence-electron chi connectivity index (χ4n) is 1.54. The molecule has 20 heavy (non-hydrogen) atoms. The zero-order valence-electron chi connectivity index (χ0n) is 10.5. The van der Waals surface area contributed by atoms with E-state index < -0.39 is 42.8 Å². The molecule has 0 fully saturated rings. The second kappa shape index (κ2) is 6.65. The van der Waals surface area contributed by atoms with Crippen molar-refractivity contribution in [2.24, 2.45) is 0 Å². The second-order valence-corrected chi connectivity index (χ2v) is 4.17. The average molecular weight is 296 g/mol. The van der Waals surface area contributed by atoms with Gasteiger partial charge in [-0.25, -0.2) is 8.78 Å². The van der Waals surface area contributed by atoms with Crippen LogP contribution >= 0.6 is 0 Å². The van der Waals surface area contributed by atoms with Crippen LogP contribution in [0.3, 0.4) is 0 Å². The van der Waals surface area contributed by atoms with Gasteiger partial charge in [0.2, 0.25) is 5.91 Å². The molecule has 0 saturated heterocycles. The first-order chi connectivity index (χ1) is 9.19. The molecule has 0 aliphatic heterocycles. The molecule has 112 valence electrons. The summed E-state index contributed by atoms with van der Waals surface area (Å²) in [4.78, 5) is 11.4. The van der Waals surface area contributed by atoms with Crippen molar-refractivity contribution < 1.29 is 26.7 Å². The molecule has 1 amide bonds. The molecular weight excluding hydrogens is 283 g/mol. The summed E-state index contributed by atoms with van der Waals surface area (Å²) in [5, 5.41) is 4.23. The number of hydrogen-bond donors (Lipinski definition) is 2. The van der Waals surface area contributed by atoms with E-state index in [1.165, 1.54) is 13.0 Å². The normalized spacial score (nSPS) is 13.1. The van der Waals surface area contributed by atoms with Crippen molar-refractivity contribution in [1.82, 2.24) is 10.6 Å². The summed E-state index contributed by atoms with van der Waals surface area (Å²) >= 11 is 0. The predicted octanol–water partition coefficient (Wildman–Crippen LogP) is 2.29. The Labute approximate surface area is 112 Å². The molecule has 1 rings (SSSR count). The Morgan fingerprint density at radius 3 is 2.50 bits per heavy atom. The third-order valence-electron chi connectivity index (χ3n) is 2.42. The van der Waals surface area contributed by atoms with Gasteiger partial charge in [-0.15, -0.1) is 0 Å². The van der Waals surface area contributed by atoms with Gasteiger partial charge in [0, 0.05) is 11.6 Å². The van der Waals surface area contributed by atoms with Crippen molar-refractivity contribution in [2.75, 3.05) is 13.1 Å². The van der Waals surface area contributed by atoms with Crippen molar-refractivity contribution in [1.29, 1.82) is 0 Å². The number of carbonyl (C=O) groups excluding carboxylic acids is 1. The Morgan fingerprint density at radius 1 is 1.30 bits per heavy atom. The second-order valence-electron chi connectivity index (χ2n) is 4.17. The van der Waals surface area contributed by atoms with E-state index in [0.717, 1.165) is 6.07 Å². The number of rotatable bonds is 5.